The number of fused-ring (bicyclic) bond motifs is 1. The summed E-state index contributed by atoms with van der Waals surface area (Å²) in [7, 11) is -2.93. The number of carbonyl (C=O) groups excluding carboxylic acids is 1. The van der Waals surface area contributed by atoms with Crippen LogP contribution in [0.3, 0.4) is 0 Å². The third-order valence-electron chi connectivity index (χ3n) is 4.70. The van der Waals surface area contributed by atoms with Crippen LogP contribution in [0.15, 0.2) is 41.3 Å². The molecule has 0 saturated carbocycles. The Morgan fingerprint density at radius 2 is 1.69 bits per heavy atom. The van der Waals surface area contributed by atoms with Crippen LogP contribution in [-0.2, 0) is 29.3 Å². The van der Waals surface area contributed by atoms with Crippen LogP contribution in [0.25, 0.3) is 0 Å². The van der Waals surface area contributed by atoms with Gasteiger partial charge in [0.2, 0.25) is 10.0 Å². The van der Waals surface area contributed by atoms with E-state index in [0.29, 0.717) is 5.56 Å². The lowest BCUT2D eigenvalue weighted by Crippen LogP contribution is -2.27. The standard InChI is InChI=1S/C19H16F6N2O4S/c1-26-32(29,30)14-4-5-16(31-10-18(20,21)22)15(7-14)17(28)27-8-11-2-3-13(19(23,24)25)6-12(11)9-27/h2-7,26H,8-10H2,1H3. The van der Waals surface area contributed by atoms with Crippen LogP contribution in [0.4, 0.5) is 26.3 Å². The number of hydrogen-bond donors (Lipinski definition) is 1. The van der Waals surface area contributed by atoms with Gasteiger partial charge in [0.05, 0.1) is 16.0 Å². The quantitative estimate of drug-likeness (QED) is 0.660. The maximum atomic E-state index is 13.0. The lowest BCUT2D eigenvalue weighted by molar-refractivity contribution is -0.153. The number of hydrogen-bond acceptors (Lipinski definition) is 4. The summed E-state index contributed by atoms with van der Waals surface area (Å²) in [5.41, 5.74) is -0.704. The van der Waals surface area contributed by atoms with Gasteiger partial charge in [-0.05, 0) is 48.5 Å². The van der Waals surface area contributed by atoms with Gasteiger partial charge in [0.15, 0.2) is 6.61 Å². The molecule has 13 heteroatoms. The minimum absolute atomic E-state index is 0.103. The molecule has 2 aromatic carbocycles. The van der Waals surface area contributed by atoms with E-state index in [-0.39, 0.29) is 18.7 Å². The fraction of sp³-hybridized carbons (Fsp3) is 0.316. The maximum Gasteiger partial charge on any atom is 0.422 e. The van der Waals surface area contributed by atoms with E-state index in [1.54, 1.807) is 0 Å². The Kier molecular flexibility index (Phi) is 6.17. The maximum absolute atomic E-state index is 13.0. The number of nitrogens with zero attached hydrogens (tertiary/aromatic N) is 1. The van der Waals surface area contributed by atoms with Gasteiger partial charge in [-0.25, -0.2) is 13.1 Å². The van der Waals surface area contributed by atoms with Gasteiger partial charge in [-0.15, -0.1) is 0 Å². The summed E-state index contributed by atoms with van der Waals surface area (Å²) in [5, 5.41) is 0. The number of alkyl halides is 6. The van der Waals surface area contributed by atoms with Crippen molar-refractivity contribution in [2.75, 3.05) is 13.7 Å². The van der Waals surface area contributed by atoms with Gasteiger partial charge >= 0.3 is 12.4 Å². The highest BCUT2D eigenvalue weighted by molar-refractivity contribution is 7.89. The van der Waals surface area contributed by atoms with Crippen LogP contribution in [0.1, 0.15) is 27.0 Å². The van der Waals surface area contributed by atoms with E-state index in [0.717, 1.165) is 42.3 Å². The van der Waals surface area contributed by atoms with Crippen molar-refractivity contribution in [3.8, 4) is 5.75 Å². The predicted octanol–water partition coefficient (Wildman–Crippen LogP) is 3.71. The Morgan fingerprint density at radius 1 is 1.03 bits per heavy atom. The second-order valence-corrected chi connectivity index (χ2v) is 8.80. The molecule has 0 aliphatic carbocycles. The molecule has 174 valence electrons. The molecule has 3 rings (SSSR count). The smallest absolute Gasteiger partial charge is 0.422 e. The first-order valence-electron chi connectivity index (χ1n) is 8.97. The topological polar surface area (TPSA) is 75.7 Å². The Bertz CT molecular complexity index is 1150. The Balaban J connectivity index is 1.95. The van der Waals surface area contributed by atoms with Crippen LogP contribution < -0.4 is 9.46 Å². The van der Waals surface area contributed by atoms with Crippen molar-refractivity contribution in [2.45, 2.75) is 30.3 Å². The first-order chi connectivity index (χ1) is 14.7. The molecule has 0 saturated heterocycles. The summed E-state index contributed by atoms with van der Waals surface area (Å²) < 4.78 is 107. The number of ether oxygens (including phenoxy) is 1. The molecule has 2 aromatic rings. The van der Waals surface area contributed by atoms with Crippen LogP contribution in [0, 0.1) is 0 Å². The lowest BCUT2D eigenvalue weighted by atomic mass is 10.1. The van der Waals surface area contributed by atoms with Gasteiger partial charge < -0.3 is 9.64 Å². The summed E-state index contributed by atoms with van der Waals surface area (Å²) in [6.45, 7) is -2.06. The number of amides is 1. The summed E-state index contributed by atoms with van der Waals surface area (Å²) in [5.74, 6) is -1.39. The highest BCUT2D eigenvalue weighted by Gasteiger charge is 2.34. The van der Waals surface area contributed by atoms with Crippen molar-refractivity contribution in [2.24, 2.45) is 0 Å². The fourth-order valence-corrected chi connectivity index (χ4v) is 3.89. The highest BCUT2D eigenvalue weighted by Crippen LogP contribution is 2.34. The zero-order chi connectivity index (χ0) is 23.9. The first-order valence-corrected chi connectivity index (χ1v) is 10.4. The van der Waals surface area contributed by atoms with Crippen molar-refractivity contribution in [1.82, 2.24) is 9.62 Å². The molecule has 32 heavy (non-hydrogen) atoms. The third kappa shape index (κ3) is 5.15. The number of sulfonamides is 1. The Hall–Kier alpha value is -2.80. The summed E-state index contributed by atoms with van der Waals surface area (Å²) in [6.07, 6.45) is -9.30. The van der Waals surface area contributed by atoms with Gasteiger partial charge in [-0.1, -0.05) is 6.07 Å². The van der Waals surface area contributed by atoms with Crippen molar-refractivity contribution in [3.63, 3.8) is 0 Å². The SMILES string of the molecule is CNS(=O)(=O)c1ccc(OCC(F)(F)F)c(C(=O)N2Cc3ccc(C(F)(F)F)cc3C2)c1. The van der Waals surface area contributed by atoms with E-state index < -0.39 is 56.7 Å². The highest BCUT2D eigenvalue weighted by atomic mass is 32.2. The number of nitrogens with one attached hydrogen (secondary N) is 1. The molecular weight excluding hydrogens is 466 g/mol. The largest absolute Gasteiger partial charge is 0.483 e. The summed E-state index contributed by atoms with van der Waals surface area (Å²) in [6, 6.07) is 5.74. The van der Waals surface area contributed by atoms with Crippen molar-refractivity contribution in [1.29, 1.82) is 0 Å². The van der Waals surface area contributed by atoms with E-state index >= 15 is 0 Å². The monoisotopic (exact) mass is 482 g/mol. The van der Waals surface area contributed by atoms with Gasteiger partial charge in [-0.2, -0.15) is 26.3 Å². The molecule has 1 amide bonds. The van der Waals surface area contributed by atoms with E-state index in [1.807, 2.05) is 4.72 Å². The van der Waals surface area contributed by atoms with Crippen LogP contribution in [-0.4, -0.2) is 39.1 Å². The Morgan fingerprint density at radius 3 is 2.28 bits per heavy atom. The van der Waals surface area contributed by atoms with Crippen LogP contribution in [0.5, 0.6) is 5.75 Å². The second kappa shape index (κ2) is 8.28. The van der Waals surface area contributed by atoms with Gasteiger partial charge in [0, 0.05) is 13.1 Å². The van der Waals surface area contributed by atoms with Crippen molar-refractivity contribution >= 4 is 15.9 Å². The van der Waals surface area contributed by atoms with Crippen molar-refractivity contribution < 1.29 is 44.3 Å². The summed E-state index contributed by atoms with van der Waals surface area (Å²) in [4.78, 5) is 13.7. The molecular formula is C19H16F6N2O4S. The fourth-order valence-electron chi connectivity index (χ4n) is 3.13. The number of rotatable bonds is 5. The number of halogens is 6. The van der Waals surface area contributed by atoms with E-state index in [2.05, 4.69) is 4.74 Å². The molecule has 1 N–H and O–H groups in total. The zero-order valence-electron chi connectivity index (χ0n) is 16.3. The number of carbonyl (C=O) groups is 1. The average Bonchev–Trinajstić information content (AvgIpc) is 3.13. The average molecular weight is 482 g/mol. The molecule has 0 bridgehead atoms. The second-order valence-electron chi connectivity index (χ2n) is 6.91. The molecule has 0 unspecified atom stereocenters. The predicted molar refractivity (Wildman–Crippen MR) is 99.3 cm³/mol. The van der Waals surface area contributed by atoms with Gasteiger partial charge in [0.1, 0.15) is 5.75 Å². The van der Waals surface area contributed by atoms with E-state index in [4.69, 9.17) is 0 Å². The molecule has 0 atom stereocenters. The molecule has 1 heterocycles. The van der Waals surface area contributed by atoms with Gasteiger partial charge in [0.25, 0.3) is 5.91 Å². The summed E-state index contributed by atoms with van der Waals surface area (Å²) >= 11 is 0. The van der Waals surface area contributed by atoms with Gasteiger partial charge in [-0.3, -0.25) is 4.79 Å². The Labute approximate surface area is 178 Å². The minimum Gasteiger partial charge on any atom is -0.483 e. The third-order valence-corrected chi connectivity index (χ3v) is 6.11. The van der Waals surface area contributed by atoms with E-state index in [9.17, 15) is 39.6 Å². The van der Waals surface area contributed by atoms with Crippen LogP contribution >= 0.6 is 0 Å². The molecule has 0 radical (unpaired) electrons. The normalized spacial score (nSPS) is 14.4. The molecule has 0 spiro atoms. The first kappa shape index (κ1) is 23.9. The molecule has 0 fully saturated rings. The minimum atomic E-state index is -4.71. The molecule has 6 nitrogen and oxygen atoms in total. The molecule has 0 aromatic heterocycles. The lowest BCUT2D eigenvalue weighted by Gasteiger charge is -2.19. The molecule has 1 aliphatic heterocycles. The van der Waals surface area contributed by atoms with Crippen LogP contribution in [0.2, 0.25) is 0 Å². The molecule has 1 aliphatic rings. The van der Waals surface area contributed by atoms with E-state index in [1.165, 1.54) is 6.07 Å². The number of benzene rings is 2. The van der Waals surface area contributed by atoms with Crippen molar-refractivity contribution in [3.05, 3.63) is 58.7 Å². The zero-order valence-corrected chi connectivity index (χ0v) is 17.2.